The van der Waals surface area contributed by atoms with Gasteiger partial charge in [-0.25, -0.2) is 4.79 Å². The molecular weight excluding hydrogens is 759 g/mol. The average Bonchev–Trinajstić information content (AvgIpc) is 3.22. The van der Waals surface area contributed by atoms with Gasteiger partial charge in [-0.05, 0) is 19.3 Å². The minimum atomic E-state index is -1.09. The Balaban J connectivity index is 4.61. The first-order chi connectivity index (χ1) is 28.8. The molecule has 0 bridgehead atoms. The fourth-order valence-electron chi connectivity index (χ4n) is 7.55. The lowest BCUT2D eigenvalue weighted by molar-refractivity contribution is -0.157. The largest absolute Gasteiger partial charge is 0.480 e. The Bertz CT molecular complexity index is 964. The number of aliphatic carboxylic acids is 1. The number of carboxylic acids is 1. The molecule has 9 heteroatoms. The van der Waals surface area contributed by atoms with Crippen LogP contribution in [0.1, 0.15) is 265 Å². The maximum absolute atomic E-state index is 12.9. The van der Waals surface area contributed by atoms with Crippen LogP contribution in [0.3, 0.4) is 0 Å². The summed E-state index contributed by atoms with van der Waals surface area (Å²) < 4.78 is 11.4. The standard InChI is InChI=1S/C50H95NO7S/c1-4-7-10-13-16-19-21-23-25-28-31-34-37-40-48(53)57-42-45(58-49(54)41-38-35-32-29-26-24-22-20-17-14-11-8-5-2)43-59-44-46(50(55)56)51-47(52)39-36-33-30-27-18-15-12-9-6-3/h45-46H,4-44H2,1-3H3,(H,51,52)(H,55,56)/t45-,46+/m1/s1. The van der Waals surface area contributed by atoms with Gasteiger partial charge in [-0.1, -0.05) is 226 Å². The van der Waals surface area contributed by atoms with E-state index in [-0.39, 0.29) is 36.0 Å². The molecule has 2 N–H and O–H groups in total. The number of amides is 1. The lowest BCUT2D eigenvalue weighted by atomic mass is 10.0. The highest BCUT2D eigenvalue weighted by Gasteiger charge is 2.23. The zero-order valence-electron chi connectivity index (χ0n) is 39.0. The van der Waals surface area contributed by atoms with Crippen molar-refractivity contribution < 1.29 is 33.8 Å². The molecule has 0 aliphatic heterocycles. The third-order valence-corrected chi connectivity index (χ3v) is 12.6. The minimum Gasteiger partial charge on any atom is -0.480 e. The van der Waals surface area contributed by atoms with E-state index in [4.69, 9.17) is 9.47 Å². The first-order valence-corrected chi connectivity index (χ1v) is 26.4. The number of rotatable bonds is 47. The van der Waals surface area contributed by atoms with Crippen molar-refractivity contribution in [1.82, 2.24) is 5.32 Å². The molecule has 0 rings (SSSR count). The summed E-state index contributed by atoms with van der Waals surface area (Å²) in [4.78, 5) is 50.1. The van der Waals surface area contributed by atoms with Gasteiger partial charge in [-0.15, -0.1) is 0 Å². The predicted molar refractivity (Wildman–Crippen MR) is 250 cm³/mol. The first-order valence-electron chi connectivity index (χ1n) is 25.3. The second kappa shape index (κ2) is 45.7. The number of nitrogens with one attached hydrogen (secondary N) is 1. The summed E-state index contributed by atoms with van der Waals surface area (Å²) in [6.07, 6.45) is 42.8. The van der Waals surface area contributed by atoms with Crippen LogP contribution in [-0.4, -0.2) is 59.2 Å². The van der Waals surface area contributed by atoms with Gasteiger partial charge >= 0.3 is 17.9 Å². The molecule has 0 aromatic rings. The number of carbonyl (C=O) groups is 4. The van der Waals surface area contributed by atoms with E-state index in [0.717, 1.165) is 57.8 Å². The van der Waals surface area contributed by atoms with E-state index in [1.807, 2.05) is 0 Å². The molecule has 0 unspecified atom stereocenters. The van der Waals surface area contributed by atoms with E-state index in [2.05, 4.69) is 26.1 Å². The smallest absolute Gasteiger partial charge is 0.327 e. The summed E-state index contributed by atoms with van der Waals surface area (Å²) in [7, 11) is 0. The molecule has 0 aromatic heterocycles. The molecule has 0 fully saturated rings. The van der Waals surface area contributed by atoms with Crippen LogP contribution in [0, 0.1) is 0 Å². The molecule has 0 aromatic carbocycles. The van der Waals surface area contributed by atoms with E-state index in [1.165, 1.54) is 179 Å². The second-order valence-corrected chi connectivity index (χ2v) is 18.4. The fraction of sp³-hybridized carbons (Fsp3) is 0.920. The highest BCUT2D eigenvalue weighted by molar-refractivity contribution is 7.99. The Morgan fingerprint density at radius 2 is 0.763 bits per heavy atom. The maximum atomic E-state index is 12.9. The second-order valence-electron chi connectivity index (χ2n) is 17.4. The molecule has 0 saturated carbocycles. The van der Waals surface area contributed by atoms with Crippen LogP contribution in [-0.2, 0) is 28.7 Å². The average molecular weight is 854 g/mol. The van der Waals surface area contributed by atoms with Crippen molar-refractivity contribution in [1.29, 1.82) is 0 Å². The Labute approximate surface area is 368 Å². The van der Waals surface area contributed by atoms with Crippen LogP contribution in [0.4, 0.5) is 0 Å². The molecule has 59 heavy (non-hydrogen) atoms. The number of ether oxygens (including phenoxy) is 2. The zero-order valence-corrected chi connectivity index (χ0v) is 39.8. The molecule has 1 amide bonds. The van der Waals surface area contributed by atoms with Crippen molar-refractivity contribution in [3.63, 3.8) is 0 Å². The van der Waals surface area contributed by atoms with Crippen LogP contribution in [0.5, 0.6) is 0 Å². The molecule has 0 aliphatic carbocycles. The van der Waals surface area contributed by atoms with Crippen LogP contribution in [0.15, 0.2) is 0 Å². The number of hydrogen-bond donors (Lipinski definition) is 2. The highest BCUT2D eigenvalue weighted by atomic mass is 32.2. The van der Waals surface area contributed by atoms with Gasteiger partial charge in [0, 0.05) is 30.8 Å². The number of unbranched alkanes of at least 4 members (excludes halogenated alkanes) is 32. The van der Waals surface area contributed by atoms with Crippen LogP contribution in [0.25, 0.3) is 0 Å². The number of carboxylic acid groups (broad SMARTS) is 1. The summed E-state index contributed by atoms with van der Waals surface area (Å²) in [5, 5.41) is 12.5. The molecular formula is C50H95NO7S. The maximum Gasteiger partial charge on any atom is 0.327 e. The number of thioether (sulfide) groups is 1. The van der Waals surface area contributed by atoms with E-state index in [9.17, 15) is 24.3 Å². The van der Waals surface area contributed by atoms with Gasteiger partial charge in [0.05, 0.1) is 0 Å². The van der Waals surface area contributed by atoms with Gasteiger partial charge in [0.2, 0.25) is 5.91 Å². The number of hydrogen-bond acceptors (Lipinski definition) is 7. The first kappa shape index (κ1) is 57.2. The fourth-order valence-corrected chi connectivity index (χ4v) is 8.57. The topological polar surface area (TPSA) is 119 Å². The predicted octanol–water partition coefficient (Wildman–Crippen LogP) is 14.6. The van der Waals surface area contributed by atoms with Gasteiger partial charge in [0.15, 0.2) is 0 Å². The molecule has 0 radical (unpaired) electrons. The quantitative estimate of drug-likeness (QED) is 0.0459. The monoisotopic (exact) mass is 854 g/mol. The van der Waals surface area contributed by atoms with E-state index in [0.29, 0.717) is 19.3 Å². The van der Waals surface area contributed by atoms with Crippen molar-refractivity contribution >= 4 is 35.6 Å². The normalized spacial score (nSPS) is 12.3. The van der Waals surface area contributed by atoms with Crippen LogP contribution in [0.2, 0.25) is 0 Å². The Morgan fingerprint density at radius 3 is 1.12 bits per heavy atom. The molecule has 0 spiro atoms. The van der Waals surface area contributed by atoms with Gasteiger partial charge in [0.1, 0.15) is 18.8 Å². The summed E-state index contributed by atoms with van der Waals surface area (Å²) in [6.45, 7) is 6.68. The summed E-state index contributed by atoms with van der Waals surface area (Å²) in [6, 6.07) is -1.04. The molecule has 8 nitrogen and oxygen atoms in total. The highest BCUT2D eigenvalue weighted by Crippen LogP contribution is 2.17. The summed E-state index contributed by atoms with van der Waals surface area (Å²) in [5.41, 5.74) is 0. The molecule has 0 aliphatic rings. The van der Waals surface area contributed by atoms with E-state index in [1.54, 1.807) is 0 Å². The van der Waals surface area contributed by atoms with Crippen molar-refractivity contribution in [3.05, 3.63) is 0 Å². The lowest BCUT2D eigenvalue weighted by Crippen LogP contribution is -2.42. The zero-order chi connectivity index (χ0) is 43.3. The number of carbonyl (C=O) groups excluding carboxylic acids is 3. The van der Waals surface area contributed by atoms with Gasteiger partial charge in [-0.2, -0.15) is 11.8 Å². The van der Waals surface area contributed by atoms with Gasteiger partial charge in [-0.3, -0.25) is 14.4 Å². The number of esters is 2. The summed E-state index contributed by atoms with van der Waals surface area (Å²) in [5.74, 6) is -1.51. The third-order valence-electron chi connectivity index (χ3n) is 11.4. The van der Waals surface area contributed by atoms with Gasteiger partial charge in [0.25, 0.3) is 0 Å². The minimum absolute atomic E-state index is 0.0443. The SMILES string of the molecule is CCCCCCCCCCCCCCCC(=O)OC[C@H](CSC[C@H](NC(=O)CCCCCCCCCCC)C(=O)O)OC(=O)CCCCCCCCCCCCCCC. The Morgan fingerprint density at radius 1 is 0.441 bits per heavy atom. The van der Waals surface area contributed by atoms with Crippen LogP contribution >= 0.6 is 11.8 Å². The van der Waals surface area contributed by atoms with Crippen molar-refractivity contribution in [3.8, 4) is 0 Å². The third kappa shape index (κ3) is 42.7. The van der Waals surface area contributed by atoms with Crippen molar-refractivity contribution in [2.75, 3.05) is 18.1 Å². The van der Waals surface area contributed by atoms with Gasteiger partial charge < -0.3 is 19.9 Å². The summed E-state index contributed by atoms with van der Waals surface area (Å²) >= 11 is 1.30. The molecule has 0 heterocycles. The molecule has 0 saturated heterocycles. The van der Waals surface area contributed by atoms with E-state index < -0.39 is 18.1 Å². The molecule has 2 atom stereocenters. The molecule has 348 valence electrons. The Hall–Kier alpha value is -1.77. The Kier molecular flexibility index (Phi) is 44.4. The van der Waals surface area contributed by atoms with Crippen LogP contribution < -0.4 is 5.32 Å². The van der Waals surface area contributed by atoms with Crippen molar-refractivity contribution in [2.24, 2.45) is 0 Å². The lowest BCUT2D eigenvalue weighted by Gasteiger charge is -2.19. The van der Waals surface area contributed by atoms with Crippen molar-refractivity contribution in [2.45, 2.75) is 277 Å². The van der Waals surface area contributed by atoms with E-state index >= 15 is 0 Å².